The van der Waals surface area contributed by atoms with E-state index >= 15 is 0 Å². The number of amides is 1. The van der Waals surface area contributed by atoms with Crippen LogP contribution in [0.4, 0.5) is 14.7 Å². The Bertz CT molecular complexity index is 733. The predicted molar refractivity (Wildman–Crippen MR) is 96.7 cm³/mol. The summed E-state index contributed by atoms with van der Waals surface area (Å²) < 4.78 is 13.1. The molecule has 6 nitrogen and oxygen atoms in total. The Kier molecular flexibility index (Phi) is 5.17. The molecule has 134 valence electrons. The van der Waals surface area contributed by atoms with Crippen molar-refractivity contribution < 1.29 is 9.18 Å². The molecule has 2 heterocycles. The summed E-state index contributed by atoms with van der Waals surface area (Å²) in [6, 6.07) is 6.35. The van der Waals surface area contributed by atoms with Gasteiger partial charge in [-0.3, -0.25) is 4.79 Å². The van der Waals surface area contributed by atoms with Gasteiger partial charge in [-0.2, -0.15) is 0 Å². The monoisotopic (exact) mass is 363 g/mol. The van der Waals surface area contributed by atoms with E-state index in [1.165, 1.54) is 23.5 Å². The van der Waals surface area contributed by atoms with Crippen LogP contribution in [0.3, 0.4) is 0 Å². The third-order valence-electron chi connectivity index (χ3n) is 4.46. The fraction of sp³-hybridized carbons (Fsp3) is 0.471. The van der Waals surface area contributed by atoms with Crippen molar-refractivity contribution in [1.82, 2.24) is 15.1 Å². The summed E-state index contributed by atoms with van der Waals surface area (Å²) in [5, 5.41) is 9.17. The minimum atomic E-state index is -0.272. The molecule has 1 aliphatic heterocycles. The highest BCUT2D eigenvalue weighted by molar-refractivity contribution is 7.18. The van der Waals surface area contributed by atoms with Gasteiger partial charge in [-0.15, -0.1) is 10.2 Å². The Morgan fingerprint density at radius 2 is 2.04 bits per heavy atom. The first-order valence-electron chi connectivity index (χ1n) is 8.32. The molecule has 3 rings (SSSR count). The van der Waals surface area contributed by atoms with E-state index in [2.05, 4.69) is 28.9 Å². The molecular formula is C17H22FN5OS. The molecular weight excluding hydrogens is 341 g/mol. The molecule has 8 heteroatoms. The SMILES string of the molecule is CC(C)C1CN(c2nnc(N)s2)CCC(=O)N1Cc1ccc(F)cc1. The van der Waals surface area contributed by atoms with Crippen molar-refractivity contribution in [1.29, 1.82) is 0 Å². The highest BCUT2D eigenvalue weighted by atomic mass is 32.1. The summed E-state index contributed by atoms with van der Waals surface area (Å²) in [5.74, 6) is 0.102. The quantitative estimate of drug-likeness (QED) is 0.903. The van der Waals surface area contributed by atoms with Gasteiger partial charge < -0.3 is 15.5 Å². The van der Waals surface area contributed by atoms with E-state index in [0.717, 1.165) is 10.7 Å². The van der Waals surface area contributed by atoms with Gasteiger partial charge in [0.15, 0.2) is 0 Å². The number of carbonyl (C=O) groups is 1. The van der Waals surface area contributed by atoms with Crippen LogP contribution >= 0.6 is 11.3 Å². The maximum absolute atomic E-state index is 13.1. The van der Waals surface area contributed by atoms with E-state index in [-0.39, 0.29) is 23.7 Å². The van der Waals surface area contributed by atoms with Gasteiger partial charge in [-0.05, 0) is 23.6 Å². The summed E-state index contributed by atoms with van der Waals surface area (Å²) in [7, 11) is 0. The Balaban J connectivity index is 1.83. The predicted octanol–water partition coefficient (Wildman–Crippen LogP) is 2.52. The van der Waals surface area contributed by atoms with Gasteiger partial charge >= 0.3 is 0 Å². The first-order valence-corrected chi connectivity index (χ1v) is 9.13. The standard InChI is InChI=1S/C17H22FN5OS/c1-11(2)14-10-22(17-21-20-16(19)25-17)8-7-15(24)23(14)9-12-3-5-13(18)6-4-12/h3-6,11,14H,7-10H2,1-2H3,(H2,19,20). The molecule has 1 amide bonds. The van der Waals surface area contributed by atoms with Crippen molar-refractivity contribution >= 4 is 27.5 Å². The second kappa shape index (κ2) is 7.35. The van der Waals surface area contributed by atoms with Crippen LogP contribution in [0.15, 0.2) is 24.3 Å². The summed E-state index contributed by atoms with van der Waals surface area (Å²) >= 11 is 1.34. The van der Waals surface area contributed by atoms with Gasteiger partial charge in [0, 0.05) is 26.1 Å². The van der Waals surface area contributed by atoms with Crippen molar-refractivity contribution in [3.63, 3.8) is 0 Å². The van der Waals surface area contributed by atoms with Crippen molar-refractivity contribution in [3.8, 4) is 0 Å². The van der Waals surface area contributed by atoms with E-state index in [1.807, 2.05) is 4.90 Å². The lowest BCUT2D eigenvalue weighted by Crippen LogP contribution is -2.46. The zero-order valence-corrected chi connectivity index (χ0v) is 15.2. The molecule has 1 aromatic carbocycles. The van der Waals surface area contributed by atoms with Gasteiger partial charge in [0.25, 0.3) is 0 Å². The smallest absolute Gasteiger partial charge is 0.224 e. The number of halogens is 1. The van der Waals surface area contributed by atoms with E-state index in [4.69, 9.17) is 5.73 Å². The topological polar surface area (TPSA) is 75.4 Å². The lowest BCUT2D eigenvalue weighted by molar-refractivity contribution is -0.134. The highest BCUT2D eigenvalue weighted by Crippen LogP contribution is 2.27. The van der Waals surface area contributed by atoms with Gasteiger partial charge in [-0.25, -0.2) is 4.39 Å². The molecule has 1 aliphatic rings. The minimum Gasteiger partial charge on any atom is -0.374 e. The largest absolute Gasteiger partial charge is 0.374 e. The Hall–Kier alpha value is -2.22. The minimum absolute atomic E-state index is 0.0326. The number of benzene rings is 1. The second-order valence-corrected chi connectivity index (χ2v) is 7.57. The number of hydrogen-bond donors (Lipinski definition) is 1. The Labute approximate surface area is 150 Å². The van der Waals surface area contributed by atoms with Crippen LogP contribution in [0.5, 0.6) is 0 Å². The fourth-order valence-corrected chi connectivity index (χ4v) is 3.71. The molecule has 0 bridgehead atoms. The summed E-state index contributed by atoms with van der Waals surface area (Å²) in [6.07, 6.45) is 0.407. The van der Waals surface area contributed by atoms with Gasteiger partial charge in [0.05, 0.1) is 6.04 Å². The first kappa shape index (κ1) is 17.6. The number of rotatable bonds is 4. The zero-order valence-electron chi connectivity index (χ0n) is 14.4. The normalized spacial score (nSPS) is 18.7. The molecule has 1 saturated heterocycles. The fourth-order valence-electron chi connectivity index (χ4n) is 3.07. The maximum atomic E-state index is 13.1. The van der Waals surface area contributed by atoms with Gasteiger partial charge in [0.2, 0.25) is 16.2 Å². The van der Waals surface area contributed by atoms with E-state index in [9.17, 15) is 9.18 Å². The highest BCUT2D eigenvalue weighted by Gasteiger charge is 2.32. The van der Waals surface area contributed by atoms with Crippen molar-refractivity contribution in [2.75, 3.05) is 23.7 Å². The molecule has 0 spiro atoms. The molecule has 0 radical (unpaired) electrons. The van der Waals surface area contributed by atoms with E-state index in [1.54, 1.807) is 12.1 Å². The van der Waals surface area contributed by atoms with Crippen LogP contribution in [-0.4, -0.2) is 40.1 Å². The Morgan fingerprint density at radius 1 is 1.32 bits per heavy atom. The zero-order chi connectivity index (χ0) is 18.0. The van der Waals surface area contributed by atoms with Crippen LogP contribution in [0.25, 0.3) is 0 Å². The number of nitrogen functional groups attached to an aromatic ring is 1. The Morgan fingerprint density at radius 3 is 2.64 bits per heavy atom. The van der Waals surface area contributed by atoms with Crippen molar-refractivity contribution in [2.24, 2.45) is 5.92 Å². The number of nitrogens with two attached hydrogens (primary N) is 1. The molecule has 2 aromatic rings. The molecule has 25 heavy (non-hydrogen) atoms. The van der Waals surface area contributed by atoms with E-state index < -0.39 is 0 Å². The second-order valence-electron chi connectivity index (χ2n) is 6.58. The third-order valence-corrected chi connectivity index (χ3v) is 5.27. The number of nitrogens with zero attached hydrogens (tertiary/aromatic N) is 4. The molecule has 1 aromatic heterocycles. The van der Waals surface area contributed by atoms with Crippen molar-refractivity contribution in [2.45, 2.75) is 32.9 Å². The van der Waals surface area contributed by atoms with Crippen LogP contribution in [0.1, 0.15) is 25.8 Å². The average molecular weight is 363 g/mol. The molecule has 0 aliphatic carbocycles. The molecule has 2 N–H and O–H groups in total. The van der Waals surface area contributed by atoms with Crippen LogP contribution in [0, 0.1) is 11.7 Å². The maximum Gasteiger partial charge on any atom is 0.224 e. The first-order chi connectivity index (χ1) is 11.9. The number of hydrogen-bond acceptors (Lipinski definition) is 6. The average Bonchev–Trinajstić information content (AvgIpc) is 2.93. The third kappa shape index (κ3) is 4.07. The van der Waals surface area contributed by atoms with Crippen LogP contribution in [0.2, 0.25) is 0 Å². The number of carbonyl (C=O) groups excluding carboxylic acids is 1. The van der Waals surface area contributed by atoms with Gasteiger partial charge in [-0.1, -0.05) is 37.3 Å². The van der Waals surface area contributed by atoms with E-state index in [0.29, 0.717) is 31.2 Å². The lowest BCUT2D eigenvalue weighted by atomic mass is 10.0. The van der Waals surface area contributed by atoms with Crippen molar-refractivity contribution in [3.05, 3.63) is 35.6 Å². The summed E-state index contributed by atoms with van der Waals surface area (Å²) in [4.78, 5) is 16.7. The molecule has 1 fully saturated rings. The summed E-state index contributed by atoms with van der Waals surface area (Å²) in [6.45, 7) is 5.96. The summed E-state index contributed by atoms with van der Waals surface area (Å²) in [5.41, 5.74) is 6.62. The molecule has 1 unspecified atom stereocenters. The lowest BCUT2D eigenvalue weighted by Gasteiger charge is -2.34. The van der Waals surface area contributed by atoms with Gasteiger partial charge in [0.1, 0.15) is 5.82 Å². The number of aromatic nitrogens is 2. The van der Waals surface area contributed by atoms with Crippen LogP contribution in [-0.2, 0) is 11.3 Å². The van der Waals surface area contributed by atoms with Crippen LogP contribution < -0.4 is 10.6 Å². The molecule has 1 atom stereocenters. The molecule has 0 saturated carbocycles. The number of anilines is 2.